The molecule has 2 fully saturated rings. The monoisotopic (exact) mass is 276 g/mol. The van der Waals surface area contributed by atoms with Gasteiger partial charge in [0.1, 0.15) is 0 Å². The number of carbonyl (C=O) groups is 1. The highest BCUT2D eigenvalue weighted by molar-refractivity contribution is 5.76. The Kier molecular flexibility index (Phi) is 4.05. The van der Waals surface area contributed by atoms with Crippen LogP contribution in [0.3, 0.4) is 0 Å². The SMILES string of the molecule is N[C@@H]1CCC[C@H]1CC(=O)N1CCC(n2ccnc2)CC1. The van der Waals surface area contributed by atoms with Crippen LogP contribution in [-0.4, -0.2) is 39.5 Å². The van der Waals surface area contributed by atoms with Gasteiger partial charge in [0.05, 0.1) is 6.33 Å². The van der Waals surface area contributed by atoms with Crippen molar-refractivity contribution in [1.29, 1.82) is 0 Å². The Hall–Kier alpha value is -1.36. The largest absolute Gasteiger partial charge is 0.343 e. The summed E-state index contributed by atoms with van der Waals surface area (Å²) in [5.74, 6) is 0.713. The average Bonchev–Trinajstić information content (AvgIpc) is 3.12. The summed E-state index contributed by atoms with van der Waals surface area (Å²) in [6.07, 6.45) is 11.8. The highest BCUT2D eigenvalue weighted by Gasteiger charge is 2.29. The Morgan fingerprint density at radius 1 is 1.25 bits per heavy atom. The third-order valence-corrected chi connectivity index (χ3v) is 4.92. The van der Waals surface area contributed by atoms with Gasteiger partial charge in [-0.2, -0.15) is 0 Å². The van der Waals surface area contributed by atoms with Crippen LogP contribution in [0.1, 0.15) is 44.6 Å². The minimum absolute atomic E-state index is 0.238. The van der Waals surface area contributed by atoms with Crippen molar-refractivity contribution in [3.63, 3.8) is 0 Å². The maximum absolute atomic E-state index is 12.3. The summed E-state index contributed by atoms with van der Waals surface area (Å²) in [4.78, 5) is 18.5. The molecule has 0 unspecified atom stereocenters. The second kappa shape index (κ2) is 5.95. The topological polar surface area (TPSA) is 64.2 Å². The number of hydrogen-bond donors (Lipinski definition) is 1. The van der Waals surface area contributed by atoms with E-state index in [1.54, 1.807) is 0 Å². The summed E-state index contributed by atoms with van der Waals surface area (Å²) in [7, 11) is 0. The molecule has 20 heavy (non-hydrogen) atoms. The number of piperidine rings is 1. The standard InChI is InChI=1S/C15H24N4O/c16-14-3-1-2-12(14)10-15(20)18-7-4-13(5-8-18)19-9-6-17-11-19/h6,9,11-14H,1-5,7-8,10,16H2/t12-,14+/m0/s1. The number of aromatic nitrogens is 2. The first kappa shape index (κ1) is 13.6. The van der Waals surface area contributed by atoms with Crippen molar-refractivity contribution in [1.82, 2.24) is 14.5 Å². The van der Waals surface area contributed by atoms with E-state index in [-0.39, 0.29) is 6.04 Å². The van der Waals surface area contributed by atoms with Crippen molar-refractivity contribution in [2.75, 3.05) is 13.1 Å². The van der Waals surface area contributed by atoms with E-state index in [2.05, 4.69) is 9.55 Å². The first-order chi connectivity index (χ1) is 9.74. The van der Waals surface area contributed by atoms with E-state index >= 15 is 0 Å². The Balaban J connectivity index is 1.49. The molecular formula is C15H24N4O. The second-order valence-electron chi connectivity index (χ2n) is 6.18. The van der Waals surface area contributed by atoms with Gasteiger partial charge in [-0.1, -0.05) is 6.42 Å². The van der Waals surface area contributed by atoms with Crippen LogP contribution in [-0.2, 0) is 4.79 Å². The number of nitrogens with zero attached hydrogens (tertiary/aromatic N) is 3. The van der Waals surface area contributed by atoms with Crippen molar-refractivity contribution >= 4 is 5.91 Å². The molecular weight excluding hydrogens is 252 g/mol. The fraction of sp³-hybridized carbons (Fsp3) is 0.733. The molecule has 5 nitrogen and oxygen atoms in total. The lowest BCUT2D eigenvalue weighted by Crippen LogP contribution is -2.40. The average molecular weight is 276 g/mol. The van der Waals surface area contributed by atoms with E-state index in [9.17, 15) is 4.79 Å². The van der Waals surface area contributed by atoms with Gasteiger partial charge in [0.15, 0.2) is 0 Å². The van der Waals surface area contributed by atoms with Crippen molar-refractivity contribution in [2.24, 2.45) is 11.7 Å². The molecule has 1 aliphatic heterocycles. The summed E-state index contributed by atoms with van der Waals surface area (Å²) in [6.45, 7) is 1.73. The first-order valence-electron chi connectivity index (χ1n) is 7.75. The zero-order valence-corrected chi connectivity index (χ0v) is 11.9. The van der Waals surface area contributed by atoms with E-state index < -0.39 is 0 Å². The predicted molar refractivity (Wildman–Crippen MR) is 77.0 cm³/mol. The zero-order chi connectivity index (χ0) is 13.9. The van der Waals surface area contributed by atoms with Crippen LogP contribution in [0.5, 0.6) is 0 Å². The van der Waals surface area contributed by atoms with Gasteiger partial charge in [0.25, 0.3) is 0 Å². The number of likely N-dealkylation sites (tertiary alicyclic amines) is 1. The summed E-state index contributed by atoms with van der Waals surface area (Å²) < 4.78 is 2.16. The fourth-order valence-electron chi connectivity index (χ4n) is 3.57. The van der Waals surface area contributed by atoms with Crippen molar-refractivity contribution in [2.45, 2.75) is 50.6 Å². The predicted octanol–water partition coefficient (Wildman–Crippen LogP) is 1.56. The van der Waals surface area contributed by atoms with E-state index in [0.717, 1.165) is 38.8 Å². The summed E-state index contributed by atoms with van der Waals surface area (Å²) in [5.41, 5.74) is 6.06. The Bertz CT molecular complexity index is 437. The molecule has 1 aromatic heterocycles. The molecule has 1 aromatic rings. The van der Waals surface area contributed by atoms with Crippen molar-refractivity contribution < 1.29 is 4.79 Å². The smallest absolute Gasteiger partial charge is 0.222 e. The Morgan fingerprint density at radius 3 is 2.65 bits per heavy atom. The van der Waals surface area contributed by atoms with Crippen LogP contribution in [0, 0.1) is 5.92 Å². The lowest BCUT2D eigenvalue weighted by atomic mass is 9.98. The minimum Gasteiger partial charge on any atom is -0.343 e. The number of nitrogens with two attached hydrogens (primary N) is 1. The van der Waals surface area contributed by atoms with Gasteiger partial charge < -0.3 is 15.2 Å². The second-order valence-corrected chi connectivity index (χ2v) is 6.18. The van der Waals surface area contributed by atoms with Crippen LogP contribution in [0.4, 0.5) is 0 Å². The molecule has 2 heterocycles. The number of amides is 1. The van der Waals surface area contributed by atoms with Crippen molar-refractivity contribution in [3.05, 3.63) is 18.7 Å². The van der Waals surface area contributed by atoms with E-state index in [1.807, 2.05) is 23.6 Å². The molecule has 1 saturated heterocycles. The molecule has 2 N–H and O–H groups in total. The highest BCUT2D eigenvalue weighted by atomic mass is 16.2. The molecule has 0 spiro atoms. The molecule has 3 rings (SSSR count). The number of imidazole rings is 1. The first-order valence-corrected chi connectivity index (χ1v) is 7.75. The van der Waals surface area contributed by atoms with Gasteiger partial charge >= 0.3 is 0 Å². The van der Waals surface area contributed by atoms with Gasteiger partial charge in [-0.3, -0.25) is 4.79 Å². The molecule has 2 atom stereocenters. The normalized spacial score (nSPS) is 27.9. The van der Waals surface area contributed by atoms with Crippen LogP contribution in [0.15, 0.2) is 18.7 Å². The van der Waals surface area contributed by atoms with Gasteiger partial charge in [0, 0.05) is 44.0 Å². The van der Waals surface area contributed by atoms with E-state index in [0.29, 0.717) is 24.3 Å². The van der Waals surface area contributed by atoms with Crippen molar-refractivity contribution in [3.8, 4) is 0 Å². The van der Waals surface area contributed by atoms with E-state index in [4.69, 9.17) is 5.73 Å². The highest BCUT2D eigenvalue weighted by Crippen LogP contribution is 2.29. The molecule has 0 bridgehead atoms. The summed E-state index contributed by atoms with van der Waals surface area (Å²) >= 11 is 0. The lowest BCUT2D eigenvalue weighted by molar-refractivity contribution is -0.133. The van der Waals surface area contributed by atoms with Gasteiger partial charge in [-0.15, -0.1) is 0 Å². The lowest BCUT2D eigenvalue weighted by Gasteiger charge is -2.33. The van der Waals surface area contributed by atoms with Crippen LogP contribution < -0.4 is 5.73 Å². The molecule has 1 amide bonds. The molecule has 0 aromatic carbocycles. The summed E-state index contributed by atoms with van der Waals surface area (Å²) in [5, 5.41) is 0. The fourth-order valence-corrected chi connectivity index (χ4v) is 3.57. The molecule has 110 valence electrons. The Morgan fingerprint density at radius 2 is 2.05 bits per heavy atom. The quantitative estimate of drug-likeness (QED) is 0.911. The molecule has 1 saturated carbocycles. The molecule has 1 aliphatic carbocycles. The number of rotatable bonds is 3. The molecule has 2 aliphatic rings. The summed E-state index contributed by atoms with van der Waals surface area (Å²) in [6, 6.07) is 0.734. The maximum Gasteiger partial charge on any atom is 0.222 e. The number of carbonyl (C=O) groups excluding carboxylic acids is 1. The van der Waals surface area contributed by atoms with Crippen LogP contribution in [0.25, 0.3) is 0 Å². The van der Waals surface area contributed by atoms with Gasteiger partial charge in [-0.05, 0) is 31.6 Å². The number of hydrogen-bond acceptors (Lipinski definition) is 3. The third kappa shape index (κ3) is 2.87. The molecule has 5 heteroatoms. The van der Waals surface area contributed by atoms with Gasteiger partial charge in [-0.25, -0.2) is 4.98 Å². The van der Waals surface area contributed by atoms with E-state index in [1.165, 1.54) is 6.42 Å². The van der Waals surface area contributed by atoms with Crippen LogP contribution in [0.2, 0.25) is 0 Å². The van der Waals surface area contributed by atoms with Crippen LogP contribution >= 0.6 is 0 Å². The zero-order valence-electron chi connectivity index (χ0n) is 11.9. The Labute approximate surface area is 120 Å². The minimum atomic E-state index is 0.238. The van der Waals surface area contributed by atoms with Gasteiger partial charge in [0.2, 0.25) is 5.91 Å². The third-order valence-electron chi connectivity index (χ3n) is 4.92. The maximum atomic E-state index is 12.3. The molecule has 0 radical (unpaired) electrons.